The third-order valence-electron chi connectivity index (χ3n) is 4.62. The Bertz CT molecular complexity index is 1010. The van der Waals surface area contributed by atoms with Gasteiger partial charge in [0.15, 0.2) is 0 Å². The van der Waals surface area contributed by atoms with Gasteiger partial charge in [0, 0.05) is 29.5 Å². The number of benzene rings is 2. The summed E-state index contributed by atoms with van der Waals surface area (Å²) in [6.07, 6.45) is 0.404. The van der Waals surface area contributed by atoms with Gasteiger partial charge in [0.1, 0.15) is 5.01 Å². The van der Waals surface area contributed by atoms with E-state index in [2.05, 4.69) is 15.5 Å². The summed E-state index contributed by atoms with van der Waals surface area (Å²) in [7, 11) is 0. The van der Waals surface area contributed by atoms with E-state index in [1.54, 1.807) is 4.90 Å². The van der Waals surface area contributed by atoms with Crippen LogP contribution >= 0.6 is 23.1 Å². The summed E-state index contributed by atoms with van der Waals surface area (Å²) in [6.45, 7) is 2.61. The van der Waals surface area contributed by atoms with Crippen molar-refractivity contribution in [1.29, 1.82) is 0 Å². The first-order valence-electron chi connectivity index (χ1n) is 9.26. The number of nitrogens with zero attached hydrogens (tertiary/aromatic N) is 3. The van der Waals surface area contributed by atoms with Crippen molar-refractivity contribution in [2.75, 3.05) is 22.5 Å². The molecule has 1 unspecified atom stereocenters. The van der Waals surface area contributed by atoms with Crippen molar-refractivity contribution >= 4 is 45.7 Å². The lowest BCUT2D eigenvalue weighted by Gasteiger charge is -2.15. The molecular weight excluding hydrogens is 404 g/mol. The second-order valence-electron chi connectivity index (χ2n) is 6.84. The minimum atomic E-state index is -0.119. The molecule has 0 spiro atoms. The number of rotatable bonds is 6. The van der Waals surface area contributed by atoms with Crippen molar-refractivity contribution < 1.29 is 9.59 Å². The summed E-state index contributed by atoms with van der Waals surface area (Å²) < 4.78 is 0. The molecule has 0 radical (unpaired) electrons. The molecule has 3 aromatic rings. The average molecular weight is 425 g/mol. The van der Waals surface area contributed by atoms with Gasteiger partial charge in [-0.3, -0.25) is 14.9 Å². The molecular formula is C21H20N4O2S2. The zero-order chi connectivity index (χ0) is 20.2. The quantitative estimate of drug-likeness (QED) is 0.603. The zero-order valence-electron chi connectivity index (χ0n) is 15.9. The smallest absolute Gasteiger partial charge is 0.236 e. The molecule has 1 saturated heterocycles. The Morgan fingerprint density at radius 2 is 1.93 bits per heavy atom. The number of amides is 2. The SMILES string of the molecule is Cc1ccc(SCC(=O)Nc2nnc(C3CC(=O)N(c4ccccc4)C3)s2)cc1. The standard InChI is InChI=1S/C21H20N4O2S2/c1-14-7-9-17(10-8-14)28-13-18(26)22-21-24-23-20(29-21)15-11-19(27)25(12-15)16-5-3-2-4-6-16/h2-10,15H,11-13H2,1H3,(H,22,24,26). The summed E-state index contributed by atoms with van der Waals surface area (Å²) >= 11 is 2.82. The molecule has 1 aromatic heterocycles. The number of hydrogen-bond donors (Lipinski definition) is 1. The molecule has 1 N–H and O–H groups in total. The lowest BCUT2D eigenvalue weighted by atomic mass is 10.1. The summed E-state index contributed by atoms with van der Waals surface area (Å²) in [5.74, 6) is 0.262. The summed E-state index contributed by atoms with van der Waals surface area (Å²) in [4.78, 5) is 27.4. The van der Waals surface area contributed by atoms with E-state index >= 15 is 0 Å². The van der Waals surface area contributed by atoms with Crippen molar-refractivity contribution in [2.24, 2.45) is 0 Å². The highest BCUT2D eigenvalue weighted by Crippen LogP contribution is 2.34. The Hall–Kier alpha value is -2.71. The molecule has 1 aliphatic heterocycles. The Morgan fingerprint density at radius 1 is 1.17 bits per heavy atom. The van der Waals surface area contributed by atoms with E-state index in [1.165, 1.54) is 28.7 Å². The van der Waals surface area contributed by atoms with E-state index < -0.39 is 0 Å². The number of carbonyl (C=O) groups is 2. The Kier molecular flexibility index (Phi) is 5.92. The van der Waals surface area contributed by atoms with Gasteiger partial charge in [0.25, 0.3) is 0 Å². The number of carbonyl (C=O) groups excluding carboxylic acids is 2. The number of hydrogen-bond acceptors (Lipinski definition) is 6. The number of nitrogens with one attached hydrogen (secondary N) is 1. The summed E-state index contributed by atoms with van der Waals surface area (Å²) in [5.41, 5.74) is 2.09. The summed E-state index contributed by atoms with van der Waals surface area (Å²) in [5, 5.41) is 12.4. The minimum Gasteiger partial charge on any atom is -0.312 e. The van der Waals surface area contributed by atoms with Crippen LogP contribution in [0.25, 0.3) is 0 Å². The second kappa shape index (κ2) is 8.75. The van der Waals surface area contributed by atoms with Gasteiger partial charge in [-0.2, -0.15) is 0 Å². The Labute approximate surface area is 177 Å². The highest BCUT2D eigenvalue weighted by atomic mass is 32.2. The van der Waals surface area contributed by atoms with Crippen LogP contribution in [0.15, 0.2) is 59.5 Å². The van der Waals surface area contributed by atoms with Crippen molar-refractivity contribution in [2.45, 2.75) is 24.2 Å². The van der Waals surface area contributed by atoms with Gasteiger partial charge in [0.2, 0.25) is 16.9 Å². The Balaban J connectivity index is 1.33. The van der Waals surface area contributed by atoms with Gasteiger partial charge in [-0.1, -0.05) is 47.2 Å². The van der Waals surface area contributed by atoms with E-state index in [0.717, 1.165) is 15.6 Å². The van der Waals surface area contributed by atoms with Crippen molar-refractivity contribution in [3.8, 4) is 0 Å². The van der Waals surface area contributed by atoms with E-state index in [9.17, 15) is 9.59 Å². The Morgan fingerprint density at radius 3 is 2.69 bits per heavy atom. The van der Waals surface area contributed by atoms with Crippen LogP contribution in [-0.4, -0.2) is 34.3 Å². The molecule has 29 heavy (non-hydrogen) atoms. The molecule has 1 aliphatic rings. The number of para-hydroxylation sites is 1. The second-order valence-corrected chi connectivity index (χ2v) is 8.89. The van der Waals surface area contributed by atoms with Crippen LogP contribution in [0.1, 0.15) is 22.9 Å². The molecule has 148 valence electrons. The molecule has 0 aliphatic carbocycles. The molecule has 2 amide bonds. The fourth-order valence-electron chi connectivity index (χ4n) is 3.12. The molecule has 0 saturated carbocycles. The van der Waals surface area contributed by atoms with Gasteiger partial charge in [-0.05, 0) is 31.2 Å². The lowest BCUT2D eigenvalue weighted by Crippen LogP contribution is -2.24. The minimum absolute atomic E-state index is 0.00667. The normalized spacial score (nSPS) is 16.2. The number of anilines is 2. The largest absolute Gasteiger partial charge is 0.312 e. The molecule has 0 bridgehead atoms. The van der Waals surface area contributed by atoms with Gasteiger partial charge in [-0.25, -0.2) is 0 Å². The first kappa shape index (κ1) is 19.6. The van der Waals surface area contributed by atoms with Gasteiger partial charge >= 0.3 is 0 Å². The number of aryl methyl sites for hydroxylation is 1. The highest BCUT2D eigenvalue weighted by molar-refractivity contribution is 8.00. The molecule has 6 nitrogen and oxygen atoms in total. The molecule has 2 aromatic carbocycles. The zero-order valence-corrected chi connectivity index (χ0v) is 17.5. The summed E-state index contributed by atoms with van der Waals surface area (Å²) in [6, 6.07) is 17.7. The first-order valence-corrected chi connectivity index (χ1v) is 11.1. The van der Waals surface area contributed by atoms with Crippen LogP contribution in [0, 0.1) is 6.92 Å². The topological polar surface area (TPSA) is 75.2 Å². The lowest BCUT2D eigenvalue weighted by molar-refractivity contribution is -0.117. The van der Waals surface area contributed by atoms with Crippen LogP contribution in [-0.2, 0) is 9.59 Å². The van der Waals surface area contributed by atoms with E-state index in [1.807, 2.05) is 61.5 Å². The van der Waals surface area contributed by atoms with Crippen LogP contribution in [0.3, 0.4) is 0 Å². The van der Waals surface area contributed by atoms with Gasteiger partial charge < -0.3 is 4.90 Å². The molecule has 1 atom stereocenters. The molecule has 8 heteroatoms. The van der Waals surface area contributed by atoms with Crippen molar-refractivity contribution in [3.05, 3.63) is 65.2 Å². The van der Waals surface area contributed by atoms with Crippen LogP contribution in [0.5, 0.6) is 0 Å². The van der Waals surface area contributed by atoms with Gasteiger partial charge in [0.05, 0.1) is 5.75 Å². The third-order valence-corrected chi connectivity index (χ3v) is 6.63. The van der Waals surface area contributed by atoms with E-state index in [-0.39, 0.29) is 17.7 Å². The first-order chi connectivity index (χ1) is 14.1. The van der Waals surface area contributed by atoms with Gasteiger partial charge in [-0.15, -0.1) is 22.0 Å². The number of aromatic nitrogens is 2. The molecule has 2 heterocycles. The molecule has 1 fully saturated rings. The van der Waals surface area contributed by atoms with Crippen LogP contribution < -0.4 is 10.2 Å². The predicted molar refractivity (Wildman–Crippen MR) is 117 cm³/mol. The fraction of sp³-hybridized carbons (Fsp3) is 0.238. The maximum absolute atomic E-state index is 12.4. The van der Waals surface area contributed by atoms with E-state index in [0.29, 0.717) is 23.8 Å². The maximum Gasteiger partial charge on any atom is 0.236 e. The van der Waals surface area contributed by atoms with E-state index in [4.69, 9.17) is 0 Å². The monoisotopic (exact) mass is 424 g/mol. The highest BCUT2D eigenvalue weighted by Gasteiger charge is 2.33. The predicted octanol–water partition coefficient (Wildman–Crippen LogP) is 4.10. The van der Waals surface area contributed by atoms with Crippen LogP contribution in [0.2, 0.25) is 0 Å². The van der Waals surface area contributed by atoms with Crippen LogP contribution in [0.4, 0.5) is 10.8 Å². The average Bonchev–Trinajstić information content (AvgIpc) is 3.35. The maximum atomic E-state index is 12.4. The number of thioether (sulfide) groups is 1. The van der Waals surface area contributed by atoms with Crippen molar-refractivity contribution in [3.63, 3.8) is 0 Å². The fourth-order valence-corrected chi connectivity index (χ4v) is 4.67. The third kappa shape index (κ3) is 4.83. The molecule has 4 rings (SSSR count). The van der Waals surface area contributed by atoms with Crippen molar-refractivity contribution in [1.82, 2.24) is 10.2 Å².